The number of aromatic amines is 1. The first-order valence-corrected chi connectivity index (χ1v) is 7.58. The number of aryl methyl sites for hydroxylation is 1. The molecular formula is C17H22N2O. The lowest BCUT2D eigenvalue weighted by Crippen LogP contribution is -2.31. The van der Waals surface area contributed by atoms with E-state index in [2.05, 4.69) is 9.88 Å². The van der Waals surface area contributed by atoms with Crippen LogP contribution in [0.3, 0.4) is 0 Å². The molecule has 1 aromatic carbocycles. The maximum absolute atomic E-state index is 12.7. The first-order chi connectivity index (χ1) is 9.75. The van der Waals surface area contributed by atoms with E-state index in [9.17, 15) is 4.79 Å². The molecule has 1 fully saturated rings. The number of Topliss-reactive ketones (excluding diaryl/α,β-unsaturated/α-hetero) is 1. The van der Waals surface area contributed by atoms with Crippen molar-refractivity contribution in [2.24, 2.45) is 0 Å². The van der Waals surface area contributed by atoms with E-state index in [1.807, 2.05) is 31.2 Å². The molecule has 1 aliphatic rings. The Balaban J connectivity index is 1.83. The zero-order valence-corrected chi connectivity index (χ0v) is 12.1. The van der Waals surface area contributed by atoms with Crippen LogP contribution in [0.2, 0.25) is 0 Å². The average molecular weight is 270 g/mol. The van der Waals surface area contributed by atoms with Gasteiger partial charge in [0.2, 0.25) is 0 Å². The van der Waals surface area contributed by atoms with Crippen LogP contribution in [-0.4, -0.2) is 35.3 Å². The molecule has 0 spiro atoms. The smallest absolute Gasteiger partial charge is 0.179 e. The van der Waals surface area contributed by atoms with Gasteiger partial charge >= 0.3 is 0 Å². The van der Waals surface area contributed by atoms with E-state index in [1.54, 1.807) is 0 Å². The molecule has 3 nitrogen and oxygen atoms in total. The molecule has 1 N–H and O–H groups in total. The summed E-state index contributed by atoms with van der Waals surface area (Å²) in [4.78, 5) is 18.3. The number of aromatic nitrogens is 1. The van der Waals surface area contributed by atoms with Gasteiger partial charge in [-0.05, 0) is 38.9 Å². The first kappa shape index (κ1) is 13.4. The summed E-state index contributed by atoms with van der Waals surface area (Å²) >= 11 is 0. The van der Waals surface area contributed by atoms with Gasteiger partial charge in [-0.15, -0.1) is 0 Å². The van der Waals surface area contributed by atoms with Crippen LogP contribution in [-0.2, 0) is 0 Å². The van der Waals surface area contributed by atoms with Gasteiger partial charge in [-0.1, -0.05) is 31.0 Å². The maximum atomic E-state index is 12.7. The molecule has 3 rings (SSSR count). The van der Waals surface area contributed by atoms with Gasteiger partial charge in [0, 0.05) is 22.2 Å². The Morgan fingerprint density at radius 1 is 1.15 bits per heavy atom. The Morgan fingerprint density at radius 2 is 1.85 bits per heavy atom. The number of benzene rings is 1. The number of carbonyl (C=O) groups is 1. The van der Waals surface area contributed by atoms with Gasteiger partial charge in [-0.25, -0.2) is 0 Å². The zero-order chi connectivity index (χ0) is 13.9. The van der Waals surface area contributed by atoms with Crippen LogP contribution in [0.1, 0.15) is 41.7 Å². The minimum atomic E-state index is 0.252. The maximum Gasteiger partial charge on any atom is 0.179 e. The minimum absolute atomic E-state index is 0.252. The monoisotopic (exact) mass is 270 g/mol. The van der Waals surface area contributed by atoms with Crippen molar-refractivity contribution in [1.29, 1.82) is 0 Å². The second kappa shape index (κ2) is 5.80. The van der Waals surface area contributed by atoms with Crippen LogP contribution >= 0.6 is 0 Å². The molecule has 0 saturated carbocycles. The molecule has 1 saturated heterocycles. The minimum Gasteiger partial charge on any atom is -0.358 e. The number of nitrogens with one attached hydrogen (secondary N) is 1. The highest BCUT2D eigenvalue weighted by atomic mass is 16.1. The molecule has 1 aliphatic heterocycles. The van der Waals surface area contributed by atoms with Gasteiger partial charge in [0.25, 0.3) is 0 Å². The van der Waals surface area contributed by atoms with E-state index in [0.29, 0.717) is 6.54 Å². The van der Waals surface area contributed by atoms with Crippen LogP contribution < -0.4 is 0 Å². The number of fused-ring (bicyclic) bond motifs is 1. The van der Waals surface area contributed by atoms with E-state index < -0.39 is 0 Å². The lowest BCUT2D eigenvalue weighted by molar-refractivity contribution is 0.0934. The molecule has 0 unspecified atom stereocenters. The van der Waals surface area contributed by atoms with E-state index in [1.165, 1.54) is 25.7 Å². The van der Waals surface area contributed by atoms with Gasteiger partial charge in [0.15, 0.2) is 5.78 Å². The Morgan fingerprint density at radius 3 is 2.60 bits per heavy atom. The van der Waals surface area contributed by atoms with Crippen molar-refractivity contribution in [2.45, 2.75) is 32.6 Å². The van der Waals surface area contributed by atoms with E-state index >= 15 is 0 Å². The lowest BCUT2D eigenvalue weighted by atomic mass is 10.1. The fourth-order valence-electron chi connectivity index (χ4n) is 3.21. The molecule has 0 radical (unpaired) electrons. The quantitative estimate of drug-likeness (QED) is 0.866. The van der Waals surface area contributed by atoms with E-state index in [-0.39, 0.29) is 5.78 Å². The number of carbonyl (C=O) groups excluding carboxylic acids is 1. The van der Waals surface area contributed by atoms with Crippen LogP contribution in [0.25, 0.3) is 10.9 Å². The number of hydrogen-bond donors (Lipinski definition) is 1. The molecule has 3 heteroatoms. The summed E-state index contributed by atoms with van der Waals surface area (Å²) in [5, 5.41) is 1.06. The Kier molecular flexibility index (Phi) is 3.88. The molecule has 0 aliphatic carbocycles. The largest absolute Gasteiger partial charge is 0.358 e. The number of rotatable bonds is 3. The number of hydrogen-bond acceptors (Lipinski definition) is 2. The standard InChI is InChI=1S/C17H22N2O/c1-13-17(14-8-4-5-9-15(14)18-13)16(20)12-19-10-6-2-3-7-11-19/h4-5,8-9,18H,2-3,6-7,10-12H2,1H3. The lowest BCUT2D eigenvalue weighted by Gasteiger charge is -2.18. The van der Waals surface area contributed by atoms with Gasteiger partial charge in [-0.2, -0.15) is 0 Å². The van der Waals surface area contributed by atoms with Crippen LogP contribution in [0.5, 0.6) is 0 Å². The number of H-pyrrole nitrogens is 1. The molecule has 106 valence electrons. The van der Waals surface area contributed by atoms with Crippen molar-refractivity contribution in [1.82, 2.24) is 9.88 Å². The Bertz CT molecular complexity index is 606. The van der Waals surface area contributed by atoms with Gasteiger partial charge in [-0.3, -0.25) is 9.69 Å². The molecule has 1 aromatic heterocycles. The summed E-state index contributed by atoms with van der Waals surface area (Å²) in [6, 6.07) is 8.07. The normalized spacial score (nSPS) is 17.2. The third-order valence-electron chi connectivity index (χ3n) is 4.24. The third-order valence-corrected chi connectivity index (χ3v) is 4.24. The molecule has 2 aromatic rings. The highest BCUT2D eigenvalue weighted by Gasteiger charge is 2.19. The summed E-state index contributed by atoms with van der Waals surface area (Å²) in [6.07, 6.45) is 5.05. The van der Waals surface area contributed by atoms with Gasteiger partial charge in [0.1, 0.15) is 0 Å². The highest BCUT2D eigenvalue weighted by Crippen LogP contribution is 2.23. The van der Waals surface area contributed by atoms with Crippen LogP contribution in [0, 0.1) is 6.92 Å². The Labute approximate surface area is 120 Å². The SMILES string of the molecule is Cc1[nH]c2ccccc2c1C(=O)CN1CCCCCC1. The fraction of sp³-hybridized carbons (Fsp3) is 0.471. The van der Waals surface area contributed by atoms with Gasteiger partial charge in [0.05, 0.1) is 6.54 Å². The fourth-order valence-corrected chi connectivity index (χ4v) is 3.21. The summed E-state index contributed by atoms with van der Waals surface area (Å²) in [5.41, 5.74) is 2.93. The zero-order valence-electron chi connectivity index (χ0n) is 12.1. The highest BCUT2D eigenvalue weighted by molar-refractivity contribution is 6.10. The number of ketones is 1. The predicted molar refractivity (Wildman–Crippen MR) is 82.3 cm³/mol. The van der Waals surface area contributed by atoms with E-state index in [4.69, 9.17) is 0 Å². The van der Waals surface area contributed by atoms with Crippen molar-refractivity contribution in [3.05, 3.63) is 35.5 Å². The Hall–Kier alpha value is -1.61. The van der Waals surface area contributed by atoms with Crippen molar-refractivity contribution >= 4 is 16.7 Å². The topological polar surface area (TPSA) is 36.1 Å². The molecule has 2 heterocycles. The number of nitrogens with zero attached hydrogens (tertiary/aromatic N) is 1. The van der Waals surface area contributed by atoms with E-state index in [0.717, 1.165) is 35.2 Å². The summed E-state index contributed by atoms with van der Waals surface area (Å²) in [7, 11) is 0. The van der Waals surface area contributed by atoms with Crippen molar-refractivity contribution in [2.75, 3.05) is 19.6 Å². The molecule has 0 amide bonds. The third kappa shape index (κ3) is 2.63. The average Bonchev–Trinajstić information content (AvgIpc) is 2.60. The second-order valence-electron chi connectivity index (χ2n) is 5.78. The number of para-hydroxylation sites is 1. The second-order valence-corrected chi connectivity index (χ2v) is 5.78. The summed E-state index contributed by atoms with van der Waals surface area (Å²) in [6.45, 7) is 4.68. The van der Waals surface area contributed by atoms with Crippen molar-refractivity contribution in [3.8, 4) is 0 Å². The predicted octanol–water partition coefficient (Wildman–Crippen LogP) is 3.54. The molecule has 0 atom stereocenters. The number of likely N-dealkylation sites (tertiary alicyclic amines) is 1. The summed E-state index contributed by atoms with van der Waals surface area (Å²) < 4.78 is 0. The van der Waals surface area contributed by atoms with Crippen molar-refractivity contribution in [3.63, 3.8) is 0 Å². The van der Waals surface area contributed by atoms with Crippen molar-refractivity contribution < 1.29 is 4.79 Å². The molecular weight excluding hydrogens is 248 g/mol. The van der Waals surface area contributed by atoms with Crippen LogP contribution in [0.4, 0.5) is 0 Å². The summed E-state index contributed by atoms with van der Waals surface area (Å²) in [5.74, 6) is 0.252. The molecule has 20 heavy (non-hydrogen) atoms. The molecule has 0 bridgehead atoms. The first-order valence-electron chi connectivity index (χ1n) is 7.58. The van der Waals surface area contributed by atoms with Gasteiger partial charge < -0.3 is 4.98 Å². The van der Waals surface area contributed by atoms with Crippen LogP contribution in [0.15, 0.2) is 24.3 Å².